The van der Waals surface area contributed by atoms with E-state index in [1.807, 2.05) is 31.2 Å². The lowest BCUT2D eigenvalue weighted by atomic mass is 9.91. The van der Waals surface area contributed by atoms with Crippen molar-refractivity contribution in [1.82, 2.24) is 4.98 Å². The molecule has 1 saturated carbocycles. The van der Waals surface area contributed by atoms with Crippen molar-refractivity contribution in [3.8, 4) is 11.1 Å². The Labute approximate surface area is 192 Å². The fourth-order valence-corrected chi connectivity index (χ4v) is 4.15. The van der Waals surface area contributed by atoms with Crippen LogP contribution in [0.15, 0.2) is 48.5 Å². The van der Waals surface area contributed by atoms with Crippen LogP contribution in [0.3, 0.4) is 0 Å². The van der Waals surface area contributed by atoms with E-state index < -0.39 is 18.2 Å². The van der Waals surface area contributed by atoms with Crippen LogP contribution in [-0.2, 0) is 9.53 Å². The van der Waals surface area contributed by atoms with Gasteiger partial charge < -0.3 is 14.9 Å². The molecule has 1 aromatic heterocycles. The number of fused-ring (bicyclic) bond motifs is 1. The minimum atomic E-state index is -1.01. The molecule has 4 rings (SSSR count). The number of nitrogens with zero attached hydrogens (tertiary/aromatic N) is 1. The summed E-state index contributed by atoms with van der Waals surface area (Å²) in [5.74, 6) is -0.486. The molecule has 0 radical (unpaired) electrons. The quantitative estimate of drug-likeness (QED) is 0.478. The van der Waals surface area contributed by atoms with Crippen molar-refractivity contribution < 1.29 is 24.1 Å². The number of pyridine rings is 1. The zero-order valence-corrected chi connectivity index (χ0v) is 18.8. The Bertz CT molecular complexity index is 1180. The summed E-state index contributed by atoms with van der Waals surface area (Å²) >= 11 is 0. The van der Waals surface area contributed by atoms with Crippen LogP contribution < -0.4 is 0 Å². The fourth-order valence-electron chi connectivity index (χ4n) is 4.15. The first-order valence-corrected chi connectivity index (χ1v) is 11.2. The second kappa shape index (κ2) is 9.81. The van der Waals surface area contributed by atoms with Gasteiger partial charge in [0.1, 0.15) is 5.82 Å². The molecule has 0 spiro atoms. The standard InChI is InChI=1S/C27H28FNO4/c1-16-4-3-5-22-25(17-8-10-19(28)11-9-17)23(27(18-6-7-18)29-26(16)22)13-12-20(30)14-21(31)15-24(32)33-2/h3-5,8-13,18,20-21,30-31H,6-7,14-15H2,1-2H3/b13-12+. The Balaban J connectivity index is 1.78. The molecule has 0 saturated heterocycles. The van der Waals surface area contributed by atoms with Gasteiger partial charge in [0.25, 0.3) is 0 Å². The maximum atomic E-state index is 13.7. The maximum Gasteiger partial charge on any atom is 0.308 e. The predicted octanol–water partition coefficient (Wildman–Crippen LogP) is 4.91. The van der Waals surface area contributed by atoms with Crippen molar-refractivity contribution in [3.05, 3.63) is 71.2 Å². The molecule has 0 bridgehead atoms. The average Bonchev–Trinajstić information content (AvgIpc) is 3.63. The lowest BCUT2D eigenvalue weighted by Gasteiger charge is -2.17. The Kier molecular flexibility index (Phi) is 6.86. The van der Waals surface area contributed by atoms with Crippen LogP contribution in [-0.4, -0.2) is 40.5 Å². The highest BCUT2D eigenvalue weighted by molar-refractivity contribution is 6.00. The topological polar surface area (TPSA) is 79.7 Å². The molecular formula is C27H28FNO4. The number of ether oxygens (including phenoxy) is 1. The number of halogens is 1. The monoisotopic (exact) mass is 449 g/mol. The molecule has 2 N–H and O–H groups in total. The summed E-state index contributed by atoms with van der Waals surface area (Å²) in [4.78, 5) is 16.4. The maximum absolute atomic E-state index is 13.7. The van der Waals surface area contributed by atoms with Crippen LogP contribution in [0.25, 0.3) is 28.1 Å². The number of carbonyl (C=O) groups excluding carboxylic acids is 1. The van der Waals surface area contributed by atoms with E-state index >= 15 is 0 Å². The van der Waals surface area contributed by atoms with Crippen molar-refractivity contribution >= 4 is 22.9 Å². The third-order valence-corrected chi connectivity index (χ3v) is 6.01. The van der Waals surface area contributed by atoms with Crippen molar-refractivity contribution in [3.63, 3.8) is 0 Å². The van der Waals surface area contributed by atoms with E-state index in [2.05, 4.69) is 4.74 Å². The molecule has 33 heavy (non-hydrogen) atoms. The number of hydrogen-bond donors (Lipinski definition) is 2. The second-order valence-corrected chi connectivity index (χ2v) is 8.63. The highest BCUT2D eigenvalue weighted by Crippen LogP contribution is 2.45. The number of carbonyl (C=O) groups is 1. The molecule has 0 aliphatic heterocycles. The van der Waals surface area contributed by atoms with E-state index in [1.54, 1.807) is 18.2 Å². The summed E-state index contributed by atoms with van der Waals surface area (Å²) in [6.07, 6.45) is 3.44. The molecule has 2 unspecified atom stereocenters. The second-order valence-electron chi connectivity index (χ2n) is 8.63. The Morgan fingerprint density at radius 3 is 2.61 bits per heavy atom. The Hall–Kier alpha value is -3.09. The lowest BCUT2D eigenvalue weighted by Crippen LogP contribution is -2.20. The first-order chi connectivity index (χ1) is 15.9. The van der Waals surface area contributed by atoms with E-state index in [9.17, 15) is 19.4 Å². The van der Waals surface area contributed by atoms with Gasteiger partial charge in [0, 0.05) is 28.9 Å². The zero-order valence-electron chi connectivity index (χ0n) is 18.8. The smallest absolute Gasteiger partial charge is 0.308 e. The van der Waals surface area contributed by atoms with E-state index in [0.29, 0.717) is 5.92 Å². The number of methoxy groups -OCH3 is 1. The van der Waals surface area contributed by atoms with Gasteiger partial charge in [-0.1, -0.05) is 42.5 Å². The molecule has 172 valence electrons. The van der Waals surface area contributed by atoms with Crippen LogP contribution in [0.5, 0.6) is 0 Å². The Morgan fingerprint density at radius 2 is 1.94 bits per heavy atom. The highest BCUT2D eigenvalue weighted by Gasteiger charge is 2.30. The number of esters is 1. The highest BCUT2D eigenvalue weighted by atomic mass is 19.1. The van der Waals surface area contributed by atoms with Crippen LogP contribution in [0.1, 0.15) is 48.4 Å². The molecule has 1 heterocycles. The summed E-state index contributed by atoms with van der Waals surface area (Å²) < 4.78 is 18.2. The van der Waals surface area contributed by atoms with Crippen LogP contribution >= 0.6 is 0 Å². The van der Waals surface area contributed by atoms with Gasteiger partial charge in [-0.15, -0.1) is 0 Å². The molecule has 5 nitrogen and oxygen atoms in total. The molecule has 3 aromatic rings. The third-order valence-electron chi connectivity index (χ3n) is 6.01. The van der Waals surface area contributed by atoms with Gasteiger partial charge in [-0.25, -0.2) is 4.39 Å². The van der Waals surface area contributed by atoms with Gasteiger partial charge in [-0.2, -0.15) is 0 Å². The first kappa shape index (κ1) is 23.1. The van der Waals surface area contributed by atoms with Gasteiger partial charge in [-0.05, 0) is 43.0 Å². The van der Waals surface area contributed by atoms with Crippen LogP contribution in [0.4, 0.5) is 4.39 Å². The zero-order chi connectivity index (χ0) is 23.5. The summed E-state index contributed by atoms with van der Waals surface area (Å²) in [7, 11) is 1.26. The number of aliphatic hydroxyl groups excluding tert-OH is 2. The van der Waals surface area contributed by atoms with Crippen molar-refractivity contribution in [2.45, 2.75) is 50.7 Å². The Morgan fingerprint density at radius 1 is 1.21 bits per heavy atom. The van der Waals surface area contributed by atoms with E-state index in [0.717, 1.165) is 51.7 Å². The van der Waals surface area contributed by atoms with Crippen molar-refractivity contribution in [2.75, 3.05) is 7.11 Å². The average molecular weight is 450 g/mol. The molecule has 2 aromatic carbocycles. The van der Waals surface area contributed by atoms with Gasteiger partial charge in [-0.3, -0.25) is 9.78 Å². The largest absolute Gasteiger partial charge is 0.469 e. The molecule has 1 aliphatic carbocycles. The third kappa shape index (κ3) is 5.29. The van der Waals surface area contributed by atoms with E-state index in [-0.39, 0.29) is 18.7 Å². The number of aryl methyl sites for hydroxylation is 1. The number of aliphatic hydroxyl groups is 2. The number of para-hydroxylation sites is 1. The summed E-state index contributed by atoms with van der Waals surface area (Å²) in [5.41, 5.74) is 5.67. The van der Waals surface area contributed by atoms with Crippen molar-refractivity contribution in [2.24, 2.45) is 0 Å². The fraction of sp³-hybridized carbons (Fsp3) is 0.333. The molecule has 0 amide bonds. The van der Waals surface area contributed by atoms with Crippen LogP contribution in [0, 0.1) is 12.7 Å². The SMILES string of the molecule is COC(=O)CC(O)CC(O)/C=C/c1c(C2CC2)nc2c(C)cccc2c1-c1ccc(F)cc1. The normalized spacial score (nSPS) is 15.7. The lowest BCUT2D eigenvalue weighted by molar-refractivity contribution is -0.143. The summed E-state index contributed by atoms with van der Waals surface area (Å²) in [6.45, 7) is 2.03. The minimum absolute atomic E-state index is 0.0103. The molecule has 1 aliphatic rings. The molecule has 2 atom stereocenters. The van der Waals surface area contributed by atoms with Gasteiger partial charge >= 0.3 is 5.97 Å². The van der Waals surface area contributed by atoms with E-state index in [1.165, 1.54) is 19.2 Å². The van der Waals surface area contributed by atoms with Crippen LogP contribution in [0.2, 0.25) is 0 Å². The summed E-state index contributed by atoms with van der Waals surface area (Å²) in [5, 5.41) is 21.5. The predicted molar refractivity (Wildman–Crippen MR) is 126 cm³/mol. The minimum Gasteiger partial charge on any atom is -0.469 e. The van der Waals surface area contributed by atoms with E-state index in [4.69, 9.17) is 4.98 Å². The molecule has 1 fully saturated rings. The number of rotatable bonds is 8. The summed E-state index contributed by atoms with van der Waals surface area (Å²) in [6, 6.07) is 12.4. The molecule has 6 heteroatoms. The first-order valence-electron chi connectivity index (χ1n) is 11.2. The number of hydrogen-bond acceptors (Lipinski definition) is 5. The molecular weight excluding hydrogens is 421 g/mol. The number of benzene rings is 2. The van der Waals surface area contributed by atoms with Gasteiger partial charge in [0.05, 0.1) is 36.9 Å². The number of aromatic nitrogens is 1. The van der Waals surface area contributed by atoms with Crippen molar-refractivity contribution in [1.29, 1.82) is 0 Å². The van der Waals surface area contributed by atoms with Gasteiger partial charge in [0.2, 0.25) is 0 Å². The van der Waals surface area contributed by atoms with Gasteiger partial charge in [0.15, 0.2) is 0 Å².